The Labute approximate surface area is 84.9 Å². The van der Waals surface area contributed by atoms with Crippen molar-refractivity contribution in [1.29, 1.82) is 0 Å². The van der Waals surface area contributed by atoms with E-state index < -0.39 is 6.09 Å². The number of carbonyl (C=O) groups is 1. The minimum atomic E-state index is -0.460. The first-order chi connectivity index (χ1) is 6.49. The number of aliphatic imine (C=N–C) groups is 1. The van der Waals surface area contributed by atoms with Crippen molar-refractivity contribution in [2.75, 3.05) is 13.1 Å². The fourth-order valence-corrected chi connectivity index (χ4v) is 1.32. The molecule has 0 aromatic rings. The third-order valence-electron chi connectivity index (χ3n) is 2.19. The number of hydrogen-bond acceptors (Lipinski definition) is 3. The Balaban J connectivity index is 2.23. The second-order valence-corrected chi connectivity index (χ2v) is 4.11. The monoisotopic (exact) mass is 198 g/mol. The first-order valence-electron chi connectivity index (χ1n) is 4.95. The van der Waals surface area contributed by atoms with Crippen LogP contribution in [-0.4, -0.2) is 41.9 Å². The molecule has 0 radical (unpaired) electrons. The van der Waals surface area contributed by atoms with E-state index in [1.54, 1.807) is 13.8 Å². The molecule has 0 bridgehead atoms. The van der Waals surface area contributed by atoms with Crippen molar-refractivity contribution in [2.24, 2.45) is 4.99 Å². The Kier molecular flexibility index (Phi) is 3.63. The average molecular weight is 198 g/mol. The summed E-state index contributed by atoms with van der Waals surface area (Å²) in [6.45, 7) is 9.49. The molecule has 0 atom stereocenters. The van der Waals surface area contributed by atoms with Crippen LogP contribution in [-0.2, 0) is 4.74 Å². The minimum absolute atomic E-state index is 0.0352. The number of likely N-dealkylation sites (tertiary alicyclic amines) is 1. The topological polar surface area (TPSA) is 41.9 Å². The highest BCUT2D eigenvalue weighted by Crippen LogP contribution is 2.15. The molecule has 4 nitrogen and oxygen atoms in total. The molecule has 0 aromatic carbocycles. The fourth-order valence-electron chi connectivity index (χ4n) is 1.32. The number of rotatable bonds is 2. The van der Waals surface area contributed by atoms with Gasteiger partial charge in [-0.15, -0.1) is 0 Å². The SMILES string of the molecule is CC(C)=NC(=O)OC1CN(C(C)C)C1. The van der Waals surface area contributed by atoms with E-state index in [-0.39, 0.29) is 6.10 Å². The lowest BCUT2D eigenvalue weighted by Gasteiger charge is -2.40. The van der Waals surface area contributed by atoms with Gasteiger partial charge in [-0.2, -0.15) is 4.99 Å². The molecule has 0 unspecified atom stereocenters. The van der Waals surface area contributed by atoms with Crippen molar-refractivity contribution < 1.29 is 9.53 Å². The first kappa shape index (κ1) is 11.2. The molecule has 1 amide bonds. The molecule has 0 spiro atoms. The van der Waals surface area contributed by atoms with Crippen molar-refractivity contribution in [3.05, 3.63) is 0 Å². The normalized spacial score (nSPS) is 17.8. The molecule has 0 aliphatic carbocycles. The fraction of sp³-hybridized carbons (Fsp3) is 0.800. The van der Waals surface area contributed by atoms with Crippen molar-refractivity contribution in [1.82, 2.24) is 4.90 Å². The van der Waals surface area contributed by atoms with Crippen LogP contribution >= 0.6 is 0 Å². The molecule has 0 N–H and O–H groups in total. The van der Waals surface area contributed by atoms with Gasteiger partial charge in [-0.3, -0.25) is 4.90 Å². The van der Waals surface area contributed by atoms with Gasteiger partial charge in [0.25, 0.3) is 0 Å². The first-order valence-corrected chi connectivity index (χ1v) is 4.95. The van der Waals surface area contributed by atoms with Crippen molar-refractivity contribution in [3.63, 3.8) is 0 Å². The van der Waals surface area contributed by atoms with Gasteiger partial charge < -0.3 is 4.74 Å². The second kappa shape index (κ2) is 4.55. The molecular formula is C10H18N2O2. The zero-order valence-electron chi connectivity index (χ0n) is 9.28. The summed E-state index contributed by atoms with van der Waals surface area (Å²) in [4.78, 5) is 17.1. The van der Waals surface area contributed by atoms with Gasteiger partial charge in [0.1, 0.15) is 6.10 Å². The summed E-state index contributed by atoms with van der Waals surface area (Å²) < 4.78 is 5.11. The maximum absolute atomic E-state index is 11.1. The van der Waals surface area contributed by atoms with E-state index in [0.29, 0.717) is 6.04 Å². The van der Waals surface area contributed by atoms with E-state index in [1.165, 1.54) is 0 Å². The highest BCUT2D eigenvalue weighted by molar-refractivity contribution is 5.89. The molecule has 1 aliphatic heterocycles. The zero-order chi connectivity index (χ0) is 10.7. The van der Waals surface area contributed by atoms with Gasteiger partial charge in [-0.25, -0.2) is 4.79 Å². The molecule has 80 valence electrons. The van der Waals surface area contributed by atoms with Gasteiger partial charge in [-0.1, -0.05) is 0 Å². The van der Waals surface area contributed by atoms with E-state index in [0.717, 1.165) is 18.8 Å². The lowest BCUT2D eigenvalue weighted by atomic mass is 10.1. The molecule has 0 aromatic heterocycles. The third-order valence-corrected chi connectivity index (χ3v) is 2.19. The Morgan fingerprint density at radius 3 is 2.43 bits per heavy atom. The van der Waals surface area contributed by atoms with Gasteiger partial charge >= 0.3 is 6.09 Å². The van der Waals surface area contributed by atoms with E-state index in [2.05, 4.69) is 23.7 Å². The maximum atomic E-state index is 11.1. The molecule has 0 saturated carbocycles. The minimum Gasteiger partial charge on any atom is -0.442 e. The summed E-state index contributed by atoms with van der Waals surface area (Å²) in [5, 5.41) is 0. The molecular weight excluding hydrogens is 180 g/mol. The summed E-state index contributed by atoms with van der Waals surface area (Å²) in [5.74, 6) is 0. The van der Waals surface area contributed by atoms with Crippen LogP contribution in [0.1, 0.15) is 27.7 Å². The maximum Gasteiger partial charge on any atom is 0.433 e. The second-order valence-electron chi connectivity index (χ2n) is 4.11. The van der Waals surface area contributed by atoms with Crippen LogP contribution in [0.3, 0.4) is 0 Å². The van der Waals surface area contributed by atoms with Crippen LogP contribution in [0.15, 0.2) is 4.99 Å². The lowest BCUT2D eigenvalue weighted by molar-refractivity contribution is -0.0248. The Bertz CT molecular complexity index is 239. The van der Waals surface area contributed by atoms with Crippen molar-refractivity contribution in [3.8, 4) is 0 Å². The molecule has 4 heteroatoms. The van der Waals surface area contributed by atoms with E-state index >= 15 is 0 Å². The number of nitrogens with zero attached hydrogens (tertiary/aromatic N) is 2. The highest BCUT2D eigenvalue weighted by Gasteiger charge is 2.31. The van der Waals surface area contributed by atoms with Crippen LogP contribution in [0, 0.1) is 0 Å². The van der Waals surface area contributed by atoms with Crippen molar-refractivity contribution in [2.45, 2.75) is 39.8 Å². The predicted molar refractivity (Wildman–Crippen MR) is 55.8 cm³/mol. The smallest absolute Gasteiger partial charge is 0.433 e. The number of hydrogen-bond donors (Lipinski definition) is 0. The molecule has 14 heavy (non-hydrogen) atoms. The van der Waals surface area contributed by atoms with Gasteiger partial charge in [-0.05, 0) is 27.7 Å². The third kappa shape index (κ3) is 3.10. The summed E-state index contributed by atoms with van der Waals surface area (Å²) in [6, 6.07) is 0.529. The summed E-state index contributed by atoms with van der Waals surface area (Å²) in [6.07, 6.45) is -0.425. The van der Waals surface area contributed by atoms with Gasteiger partial charge in [0.05, 0.1) is 0 Å². The van der Waals surface area contributed by atoms with Gasteiger partial charge in [0, 0.05) is 24.8 Å². The number of amides is 1. The van der Waals surface area contributed by atoms with Crippen LogP contribution in [0.2, 0.25) is 0 Å². The average Bonchev–Trinajstić information content (AvgIpc) is 1.93. The molecule has 1 aliphatic rings. The predicted octanol–water partition coefficient (Wildman–Crippen LogP) is 1.70. The van der Waals surface area contributed by atoms with E-state index in [1.807, 2.05) is 0 Å². The van der Waals surface area contributed by atoms with E-state index in [4.69, 9.17) is 4.74 Å². The Morgan fingerprint density at radius 2 is 2.00 bits per heavy atom. The van der Waals surface area contributed by atoms with Crippen LogP contribution < -0.4 is 0 Å². The molecule has 1 heterocycles. The van der Waals surface area contributed by atoms with Crippen molar-refractivity contribution >= 4 is 11.8 Å². The molecule has 1 saturated heterocycles. The molecule has 1 rings (SSSR count). The largest absolute Gasteiger partial charge is 0.442 e. The van der Waals surface area contributed by atoms with Crippen LogP contribution in [0.4, 0.5) is 4.79 Å². The summed E-state index contributed by atoms with van der Waals surface area (Å²) >= 11 is 0. The number of ether oxygens (including phenoxy) is 1. The zero-order valence-corrected chi connectivity index (χ0v) is 9.28. The van der Waals surface area contributed by atoms with Gasteiger partial charge in [0.2, 0.25) is 0 Å². The highest BCUT2D eigenvalue weighted by atomic mass is 16.6. The molecule has 1 fully saturated rings. The van der Waals surface area contributed by atoms with Crippen LogP contribution in [0.25, 0.3) is 0 Å². The quantitative estimate of drug-likeness (QED) is 0.634. The van der Waals surface area contributed by atoms with Gasteiger partial charge in [0.15, 0.2) is 0 Å². The Hall–Kier alpha value is -0.900. The summed E-state index contributed by atoms with van der Waals surface area (Å²) in [7, 11) is 0. The Morgan fingerprint density at radius 1 is 1.43 bits per heavy atom. The summed E-state index contributed by atoms with van der Waals surface area (Å²) in [5.41, 5.74) is 0.732. The number of carbonyl (C=O) groups excluding carboxylic acids is 1. The standard InChI is InChI=1S/C10H18N2O2/c1-7(2)11-10(13)14-9-5-12(6-9)8(3)4/h8-9H,5-6H2,1-4H3. The lowest BCUT2D eigenvalue weighted by Crippen LogP contribution is -2.55. The van der Waals surface area contributed by atoms with Crippen LogP contribution in [0.5, 0.6) is 0 Å². The van der Waals surface area contributed by atoms with E-state index in [9.17, 15) is 4.79 Å².